The van der Waals surface area contributed by atoms with Crippen molar-refractivity contribution >= 4 is 22.2 Å². The molecule has 0 aliphatic rings. The number of thiazole rings is 1. The van der Waals surface area contributed by atoms with Crippen molar-refractivity contribution in [2.24, 2.45) is 0 Å². The van der Waals surface area contributed by atoms with E-state index in [1.165, 1.54) is 13.2 Å². The Morgan fingerprint density at radius 3 is 2.75 bits per heavy atom. The molecule has 0 spiro atoms. The summed E-state index contributed by atoms with van der Waals surface area (Å²) in [5, 5.41) is 0.956. The van der Waals surface area contributed by atoms with Crippen LogP contribution in [0.4, 0.5) is 18.2 Å². The molecule has 0 unspecified atom stereocenters. The summed E-state index contributed by atoms with van der Waals surface area (Å²) in [7, 11) is 1.30. The highest BCUT2D eigenvalue weighted by Gasteiger charge is 2.33. The number of amides is 1. The van der Waals surface area contributed by atoms with Crippen LogP contribution in [0, 0.1) is 0 Å². The number of pyridine rings is 1. The van der Waals surface area contributed by atoms with Crippen molar-refractivity contribution in [3.05, 3.63) is 30.7 Å². The molecule has 2 rings (SSSR count). The number of carbonyl (C=O) groups excluding carboxylic acids is 1. The normalized spacial score (nSPS) is 11.4. The summed E-state index contributed by atoms with van der Waals surface area (Å²) >= 11 is 1.14. The molecule has 0 aromatic carbocycles. The lowest BCUT2D eigenvalue weighted by Crippen LogP contribution is -2.30. The van der Waals surface area contributed by atoms with Gasteiger partial charge in [0, 0.05) is 25.0 Å². The molecule has 2 aromatic heterocycles. The van der Waals surface area contributed by atoms with Gasteiger partial charge in [-0.05, 0) is 12.1 Å². The van der Waals surface area contributed by atoms with E-state index < -0.39 is 18.5 Å². The summed E-state index contributed by atoms with van der Waals surface area (Å²) in [4.78, 5) is 20.5. The number of aromatic nitrogens is 2. The lowest BCUT2D eigenvalue weighted by Gasteiger charge is -2.15. The first-order valence-electron chi connectivity index (χ1n) is 5.56. The molecule has 0 aliphatic carbocycles. The molecule has 2 aromatic rings. The maximum absolute atomic E-state index is 12.2. The van der Waals surface area contributed by atoms with E-state index in [9.17, 15) is 18.0 Å². The van der Waals surface area contributed by atoms with Crippen molar-refractivity contribution in [2.45, 2.75) is 12.6 Å². The van der Waals surface area contributed by atoms with Gasteiger partial charge < -0.3 is 4.90 Å². The largest absolute Gasteiger partial charge is 0.397 e. The predicted octanol–water partition coefficient (Wildman–Crippen LogP) is 3.12. The van der Waals surface area contributed by atoms with Crippen LogP contribution in [-0.2, 0) is 4.79 Å². The molecule has 106 valence electrons. The Bertz CT molecular complexity index is 597. The van der Waals surface area contributed by atoms with E-state index in [4.69, 9.17) is 0 Å². The van der Waals surface area contributed by atoms with Crippen molar-refractivity contribution in [3.8, 4) is 10.6 Å². The van der Waals surface area contributed by atoms with Crippen molar-refractivity contribution < 1.29 is 18.0 Å². The lowest BCUT2D eigenvalue weighted by molar-refractivity contribution is -0.151. The van der Waals surface area contributed by atoms with Gasteiger partial charge in [-0.15, -0.1) is 0 Å². The molecule has 0 bridgehead atoms. The summed E-state index contributed by atoms with van der Waals surface area (Å²) in [5.74, 6) is -1.01. The molecule has 4 nitrogen and oxygen atoms in total. The number of rotatable bonds is 3. The minimum atomic E-state index is -4.51. The lowest BCUT2D eigenvalue weighted by atomic mass is 10.3. The first-order chi connectivity index (χ1) is 9.37. The molecule has 0 saturated heterocycles. The molecule has 8 heteroatoms. The average Bonchev–Trinajstić information content (AvgIpc) is 2.86. The quantitative estimate of drug-likeness (QED) is 0.875. The zero-order valence-corrected chi connectivity index (χ0v) is 11.2. The monoisotopic (exact) mass is 301 g/mol. The van der Waals surface area contributed by atoms with Crippen molar-refractivity contribution in [2.75, 3.05) is 11.9 Å². The molecular formula is C12H10F3N3OS. The van der Waals surface area contributed by atoms with Gasteiger partial charge in [0.15, 0.2) is 0 Å². The third kappa shape index (κ3) is 3.53. The molecule has 0 fully saturated rings. The minimum absolute atomic E-state index is 0.359. The zero-order valence-electron chi connectivity index (χ0n) is 10.4. The number of hydrogen-bond acceptors (Lipinski definition) is 4. The zero-order chi connectivity index (χ0) is 14.8. The smallest absolute Gasteiger partial charge is 0.305 e. The van der Waals surface area contributed by atoms with Crippen LogP contribution in [0.15, 0.2) is 30.7 Å². The van der Waals surface area contributed by atoms with Gasteiger partial charge in [0.1, 0.15) is 16.4 Å². The number of anilines is 1. The number of nitrogens with zero attached hydrogens (tertiary/aromatic N) is 3. The van der Waals surface area contributed by atoms with E-state index >= 15 is 0 Å². The van der Waals surface area contributed by atoms with E-state index in [0.29, 0.717) is 10.0 Å². The molecule has 0 atom stereocenters. The van der Waals surface area contributed by atoms with Crippen LogP contribution in [0.1, 0.15) is 6.42 Å². The second-order valence-corrected chi connectivity index (χ2v) is 5.00. The number of halogens is 3. The second kappa shape index (κ2) is 5.58. The average molecular weight is 301 g/mol. The first kappa shape index (κ1) is 14.4. The highest BCUT2D eigenvalue weighted by Crippen LogP contribution is 2.31. The van der Waals surface area contributed by atoms with Crippen molar-refractivity contribution in [1.29, 1.82) is 0 Å². The second-order valence-electron chi connectivity index (χ2n) is 3.99. The Morgan fingerprint density at radius 2 is 2.15 bits per heavy atom. The van der Waals surface area contributed by atoms with Crippen molar-refractivity contribution in [3.63, 3.8) is 0 Å². The summed E-state index contributed by atoms with van der Waals surface area (Å²) < 4.78 is 36.6. The Balaban J connectivity index is 2.15. The van der Waals surface area contributed by atoms with Gasteiger partial charge in [-0.3, -0.25) is 9.78 Å². The summed E-state index contributed by atoms with van der Waals surface area (Å²) in [6.45, 7) is 0. The van der Waals surface area contributed by atoms with E-state index in [2.05, 4.69) is 9.97 Å². The van der Waals surface area contributed by atoms with Gasteiger partial charge >= 0.3 is 6.18 Å². The third-order valence-corrected chi connectivity index (χ3v) is 3.58. The Kier molecular flexibility index (Phi) is 4.03. The van der Waals surface area contributed by atoms with E-state index in [0.717, 1.165) is 21.8 Å². The van der Waals surface area contributed by atoms with Gasteiger partial charge in [-0.1, -0.05) is 11.3 Å². The van der Waals surface area contributed by atoms with Crippen LogP contribution >= 0.6 is 11.3 Å². The van der Waals surface area contributed by atoms with Crippen LogP contribution in [0.2, 0.25) is 0 Å². The fourth-order valence-corrected chi connectivity index (χ4v) is 2.34. The molecule has 20 heavy (non-hydrogen) atoms. The predicted molar refractivity (Wildman–Crippen MR) is 69.4 cm³/mol. The highest BCUT2D eigenvalue weighted by atomic mass is 32.1. The molecule has 0 aliphatic heterocycles. The standard InChI is InChI=1S/C12H10F3N3OS/c1-18(9(19)5-12(13,14)15)10-7-17-11(20-10)8-3-2-4-16-6-8/h2-4,6-7H,5H2,1H3. The van der Waals surface area contributed by atoms with E-state index in [-0.39, 0.29) is 0 Å². The highest BCUT2D eigenvalue weighted by molar-refractivity contribution is 7.19. The Hall–Kier alpha value is -1.96. The van der Waals surface area contributed by atoms with Crippen LogP contribution < -0.4 is 4.90 Å². The fourth-order valence-electron chi connectivity index (χ4n) is 1.46. The van der Waals surface area contributed by atoms with Gasteiger partial charge in [0.2, 0.25) is 5.91 Å². The van der Waals surface area contributed by atoms with E-state index in [1.807, 2.05) is 0 Å². The molecule has 0 N–H and O–H groups in total. The third-order valence-electron chi connectivity index (χ3n) is 2.46. The Morgan fingerprint density at radius 1 is 1.40 bits per heavy atom. The number of hydrogen-bond donors (Lipinski definition) is 0. The Labute approximate surface area is 116 Å². The van der Waals surface area contributed by atoms with Crippen LogP contribution in [0.25, 0.3) is 10.6 Å². The van der Waals surface area contributed by atoms with Gasteiger partial charge in [-0.2, -0.15) is 13.2 Å². The number of alkyl halides is 3. The topological polar surface area (TPSA) is 46.1 Å². The van der Waals surface area contributed by atoms with Gasteiger partial charge in [0.25, 0.3) is 0 Å². The van der Waals surface area contributed by atoms with E-state index in [1.54, 1.807) is 24.5 Å². The van der Waals surface area contributed by atoms with Gasteiger partial charge in [-0.25, -0.2) is 4.98 Å². The van der Waals surface area contributed by atoms with Crippen molar-refractivity contribution in [1.82, 2.24) is 9.97 Å². The molecular weight excluding hydrogens is 291 g/mol. The van der Waals surface area contributed by atoms with Gasteiger partial charge in [0.05, 0.1) is 6.20 Å². The van der Waals surface area contributed by atoms with Crippen LogP contribution in [0.3, 0.4) is 0 Å². The molecule has 0 saturated carbocycles. The maximum Gasteiger partial charge on any atom is 0.397 e. The number of carbonyl (C=O) groups is 1. The minimum Gasteiger partial charge on any atom is -0.305 e. The summed E-state index contributed by atoms with van der Waals surface area (Å²) in [6.07, 6.45) is -1.41. The summed E-state index contributed by atoms with van der Waals surface area (Å²) in [5.41, 5.74) is 0.750. The molecule has 2 heterocycles. The molecule has 0 radical (unpaired) electrons. The first-order valence-corrected chi connectivity index (χ1v) is 6.38. The van der Waals surface area contributed by atoms with Crippen LogP contribution in [-0.4, -0.2) is 29.1 Å². The molecule has 1 amide bonds. The fraction of sp³-hybridized carbons (Fsp3) is 0.250. The summed E-state index contributed by atoms with van der Waals surface area (Å²) in [6, 6.07) is 3.52. The SMILES string of the molecule is CN(C(=O)CC(F)(F)F)c1cnc(-c2cccnc2)s1. The maximum atomic E-state index is 12.2. The van der Waals surface area contributed by atoms with Crippen LogP contribution in [0.5, 0.6) is 0 Å².